The Balaban J connectivity index is 2.68. The van der Waals surface area contributed by atoms with Gasteiger partial charge in [-0.25, -0.2) is 0 Å². The van der Waals surface area contributed by atoms with E-state index in [2.05, 4.69) is 13.2 Å². The number of carbonyl (C=O) groups excluding carboxylic acids is 2. The number of carbonyl (C=O) groups is 2. The van der Waals surface area contributed by atoms with E-state index in [1.807, 2.05) is 13.8 Å². The molecule has 0 heterocycles. The maximum Gasteiger partial charge on any atom is 0.313 e. The molecule has 0 saturated heterocycles. The summed E-state index contributed by atoms with van der Waals surface area (Å²) in [6, 6.07) is 10.2. The van der Waals surface area contributed by atoms with Crippen LogP contribution in [0.15, 0.2) is 61.7 Å². The van der Waals surface area contributed by atoms with E-state index in [1.165, 1.54) is 7.11 Å². The highest BCUT2D eigenvalue weighted by molar-refractivity contribution is 6.12. The van der Waals surface area contributed by atoms with Gasteiger partial charge in [0.15, 0.2) is 5.78 Å². The lowest BCUT2D eigenvalue weighted by molar-refractivity contribution is -0.142. The summed E-state index contributed by atoms with van der Waals surface area (Å²) in [5, 5.41) is 0. The molecule has 0 aliphatic heterocycles. The molecular formula is C26H30O6. The van der Waals surface area contributed by atoms with Crippen LogP contribution in [-0.4, -0.2) is 38.7 Å². The molecule has 0 aliphatic carbocycles. The lowest BCUT2D eigenvalue weighted by Gasteiger charge is -2.21. The lowest BCUT2D eigenvalue weighted by Crippen LogP contribution is -2.19. The minimum Gasteiger partial charge on any atom is -0.494 e. The Bertz CT molecular complexity index is 946. The summed E-state index contributed by atoms with van der Waals surface area (Å²) in [5.41, 5.74) is 1.22. The Kier molecular flexibility index (Phi) is 9.54. The van der Waals surface area contributed by atoms with Crippen LogP contribution in [0.4, 0.5) is 0 Å². The molecule has 0 fully saturated rings. The van der Waals surface area contributed by atoms with Gasteiger partial charge in [-0.05, 0) is 49.2 Å². The molecule has 2 aromatic rings. The van der Waals surface area contributed by atoms with Gasteiger partial charge in [-0.2, -0.15) is 0 Å². The van der Waals surface area contributed by atoms with E-state index in [0.717, 1.165) is 0 Å². The van der Waals surface area contributed by atoms with Gasteiger partial charge < -0.3 is 18.9 Å². The molecule has 0 spiro atoms. The monoisotopic (exact) mass is 438 g/mol. The minimum atomic E-state index is -0.667. The van der Waals surface area contributed by atoms with E-state index < -0.39 is 11.9 Å². The molecule has 6 heteroatoms. The second-order valence-electron chi connectivity index (χ2n) is 6.86. The van der Waals surface area contributed by atoms with Crippen LogP contribution < -0.4 is 14.2 Å². The van der Waals surface area contributed by atoms with E-state index in [4.69, 9.17) is 18.9 Å². The first-order valence-corrected chi connectivity index (χ1v) is 10.5. The number of methoxy groups -OCH3 is 1. The molecule has 2 aromatic carbocycles. The maximum atomic E-state index is 13.6. The zero-order valence-electron chi connectivity index (χ0n) is 18.9. The van der Waals surface area contributed by atoms with Crippen molar-refractivity contribution in [2.24, 2.45) is 0 Å². The van der Waals surface area contributed by atoms with Crippen LogP contribution in [0, 0.1) is 0 Å². The molecule has 0 saturated carbocycles. The van der Waals surface area contributed by atoms with Crippen LogP contribution in [0.5, 0.6) is 17.2 Å². The molecule has 2 rings (SSSR count). The van der Waals surface area contributed by atoms with Gasteiger partial charge in [0.05, 0.1) is 25.2 Å². The summed E-state index contributed by atoms with van der Waals surface area (Å²) in [6.45, 7) is 12.1. The second-order valence-corrected chi connectivity index (χ2v) is 6.86. The summed E-state index contributed by atoms with van der Waals surface area (Å²) >= 11 is 0. The van der Waals surface area contributed by atoms with Crippen LogP contribution >= 0.6 is 0 Å². The fourth-order valence-corrected chi connectivity index (χ4v) is 3.30. The van der Waals surface area contributed by atoms with Gasteiger partial charge in [-0.3, -0.25) is 9.59 Å². The van der Waals surface area contributed by atoms with E-state index >= 15 is 0 Å². The molecular weight excluding hydrogens is 408 g/mol. The first kappa shape index (κ1) is 24.7. The number of esters is 1. The first-order valence-electron chi connectivity index (χ1n) is 10.5. The van der Waals surface area contributed by atoms with Crippen LogP contribution in [0.2, 0.25) is 0 Å². The fourth-order valence-electron chi connectivity index (χ4n) is 3.30. The maximum absolute atomic E-state index is 13.6. The summed E-state index contributed by atoms with van der Waals surface area (Å²) in [7, 11) is 1.33. The Labute approximate surface area is 189 Å². The normalized spacial score (nSPS) is 11.2. The minimum absolute atomic E-state index is 0.183. The van der Waals surface area contributed by atoms with Crippen molar-refractivity contribution < 1.29 is 28.5 Å². The van der Waals surface area contributed by atoms with Gasteiger partial charge >= 0.3 is 5.97 Å². The van der Waals surface area contributed by atoms with Crippen molar-refractivity contribution >= 4 is 11.8 Å². The van der Waals surface area contributed by atoms with E-state index in [0.29, 0.717) is 47.0 Å². The predicted molar refractivity (Wildman–Crippen MR) is 124 cm³/mol. The van der Waals surface area contributed by atoms with Crippen LogP contribution in [0.25, 0.3) is 0 Å². The Morgan fingerprint density at radius 1 is 0.938 bits per heavy atom. The molecule has 0 amide bonds. The number of hydrogen-bond acceptors (Lipinski definition) is 6. The van der Waals surface area contributed by atoms with Gasteiger partial charge in [0, 0.05) is 11.6 Å². The topological polar surface area (TPSA) is 71.1 Å². The second kappa shape index (κ2) is 12.3. The average Bonchev–Trinajstić information content (AvgIpc) is 2.81. The molecule has 6 nitrogen and oxygen atoms in total. The molecule has 170 valence electrons. The highest BCUT2D eigenvalue weighted by Crippen LogP contribution is 2.37. The van der Waals surface area contributed by atoms with Crippen molar-refractivity contribution in [2.45, 2.75) is 26.2 Å². The summed E-state index contributed by atoms with van der Waals surface area (Å²) in [5.74, 6) is 0.0531. The van der Waals surface area contributed by atoms with Crippen molar-refractivity contribution in [3.63, 3.8) is 0 Å². The zero-order valence-corrected chi connectivity index (χ0v) is 18.9. The molecule has 1 unspecified atom stereocenters. The van der Waals surface area contributed by atoms with Gasteiger partial charge in [0.25, 0.3) is 0 Å². The Morgan fingerprint density at radius 2 is 1.59 bits per heavy atom. The molecule has 0 aliphatic rings. The van der Waals surface area contributed by atoms with Crippen LogP contribution in [0.1, 0.15) is 47.7 Å². The number of ether oxygens (including phenoxy) is 4. The lowest BCUT2D eigenvalue weighted by atomic mass is 9.87. The SMILES string of the molecule is C=CCOc1cc(OCC=C)c(C(=O)c2ccc(OCC)cc2)c(C(CC)C(=O)OC)c1. The van der Waals surface area contributed by atoms with Crippen molar-refractivity contribution in [1.29, 1.82) is 0 Å². The predicted octanol–water partition coefficient (Wildman–Crippen LogP) is 5.11. The van der Waals surface area contributed by atoms with Crippen molar-refractivity contribution in [3.05, 3.63) is 78.4 Å². The van der Waals surface area contributed by atoms with Crippen LogP contribution in [0.3, 0.4) is 0 Å². The molecule has 0 aromatic heterocycles. The third kappa shape index (κ3) is 6.00. The number of ketones is 1. The third-order valence-corrected chi connectivity index (χ3v) is 4.75. The quantitative estimate of drug-likeness (QED) is 0.246. The van der Waals surface area contributed by atoms with Gasteiger partial charge in [0.1, 0.15) is 30.5 Å². The molecule has 0 radical (unpaired) electrons. The number of hydrogen-bond donors (Lipinski definition) is 0. The van der Waals surface area contributed by atoms with Crippen LogP contribution in [-0.2, 0) is 9.53 Å². The summed E-state index contributed by atoms with van der Waals surface area (Å²) in [6.07, 6.45) is 3.63. The van der Waals surface area contributed by atoms with Gasteiger partial charge in [-0.15, -0.1) is 0 Å². The molecule has 0 bridgehead atoms. The summed E-state index contributed by atoms with van der Waals surface area (Å²) < 4.78 is 22.0. The van der Waals surface area contributed by atoms with E-state index in [9.17, 15) is 9.59 Å². The Hall–Kier alpha value is -3.54. The molecule has 32 heavy (non-hydrogen) atoms. The number of rotatable bonds is 13. The van der Waals surface area contributed by atoms with Crippen molar-refractivity contribution in [2.75, 3.05) is 26.9 Å². The highest BCUT2D eigenvalue weighted by Gasteiger charge is 2.29. The molecule has 0 N–H and O–H groups in total. The zero-order chi connectivity index (χ0) is 23.5. The van der Waals surface area contributed by atoms with Crippen molar-refractivity contribution in [1.82, 2.24) is 0 Å². The standard InChI is InChI=1S/C26H30O6/c1-6-14-31-20-16-22(21(8-3)26(28)29-5)24(23(17-20)32-15-7-2)25(27)18-10-12-19(13-11-18)30-9-4/h6-7,10-13,16-17,21H,1-2,8-9,14-15H2,3-5H3. The van der Waals surface area contributed by atoms with Crippen molar-refractivity contribution in [3.8, 4) is 17.2 Å². The smallest absolute Gasteiger partial charge is 0.313 e. The largest absolute Gasteiger partial charge is 0.494 e. The summed E-state index contributed by atoms with van der Waals surface area (Å²) in [4.78, 5) is 26.2. The molecule has 1 atom stereocenters. The van der Waals surface area contributed by atoms with E-state index in [-0.39, 0.29) is 19.0 Å². The Morgan fingerprint density at radius 3 is 2.16 bits per heavy atom. The first-order chi connectivity index (χ1) is 15.5. The third-order valence-electron chi connectivity index (χ3n) is 4.75. The van der Waals surface area contributed by atoms with Gasteiger partial charge in [0.2, 0.25) is 0 Å². The van der Waals surface area contributed by atoms with E-state index in [1.54, 1.807) is 48.6 Å². The van der Waals surface area contributed by atoms with Gasteiger partial charge in [-0.1, -0.05) is 32.2 Å². The number of benzene rings is 2. The highest BCUT2D eigenvalue weighted by atomic mass is 16.5. The fraction of sp³-hybridized carbons (Fsp3) is 0.308. The average molecular weight is 439 g/mol.